The largest absolute Gasteiger partial charge is 0.466 e. The predicted molar refractivity (Wildman–Crippen MR) is 103 cm³/mol. The minimum Gasteiger partial charge on any atom is -0.466 e. The molecule has 0 saturated heterocycles. The zero-order valence-corrected chi connectivity index (χ0v) is 17.5. The quantitative estimate of drug-likeness (QED) is 0.641. The first-order valence-electron chi connectivity index (χ1n) is 8.29. The van der Waals surface area contributed by atoms with Crippen molar-refractivity contribution >= 4 is 44.7 Å². The van der Waals surface area contributed by atoms with Gasteiger partial charge in [-0.25, -0.2) is 4.79 Å². The molecule has 25 heavy (non-hydrogen) atoms. The number of methoxy groups -OCH3 is 1. The molecule has 0 bridgehead atoms. The van der Waals surface area contributed by atoms with Gasteiger partial charge in [0.15, 0.2) is 0 Å². The summed E-state index contributed by atoms with van der Waals surface area (Å²) in [5.74, 6) is -0.907. The molecule has 3 rings (SSSR count). The second kappa shape index (κ2) is 6.47. The summed E-state index contributed by atoms with van der Waals surface area (Å²) in [5, 5.41) is 0. The van der Waals surface area contributed by atoms with Gasteiger partial charge in [0.2, 0.25) is 0 Å². The Hall–Kier alpha value is -1.27. The second-order valence-electron chi connectivity index (χ2n) is 7.59. The van der Waals surface area contributed by atoms with E-state index in [9.17, 15) is 9.59 Å². The number of halogens is 1. The number of carbonyl (C=O) groups excluding carboxylic acids is 2. The molecule has 2 atom stereocenters. The highest BCUT2D eigenvalue weighted by Gasteiger charge is 2.48. The average Bonchev–Trinajstić information content (AvgIpc) is 2.83. The van der Waals surface area contributed by atoms with Crippen LogP contribution in [-0.4, -0.2) is 24.6 Å². The SMILES string of the molecule is COC(=O)C1=C(C)N=C2CC(C)(C)CC(=O)C2[C@H]1c1cc(Br)c(C)s1. The lowest BCUT2D eigenvalue weighted by molar-refractivity contribution is -0.136. The Balaban J connectivity index is 2.19. The van der Waals surface area contributed by atoms with Crippen molar-refractivity contribution in [1.29, 1.82) is 0 Å². The van der Waals surface area contributed by atoms with Gasteiger partial charge in [0, 0.05) is 38.0 Å². The molecule has 2 heterocycles. The maximum absolute atomic E-state index is 13.0. The molecule has 2 aliphatic rings. The first kappa shape index (κ1) is 18.5. The van der Waals surface area contributed by atoms with E-state index in [1.165, 1.54) is 7.11 Å². The highest BCUT2D eigenvalue weighted by Crippen LogP contribution is 2.49. The summed E-state index contributed by atoms with van der Waals surface area (Å²) >= 11 is 5.17. The van der Waals surface area contributed by atoms with E-state index in [-0.39, 0.29) is 23.0 Å². The fourth-order valence-corrected chi connectivity index (χ4v) is 5.62. The number of carbonyl (C=O) groups is 2. The number of allylic oxidation sites excluding steroid dienone is 1. The van der Waals surface area contributed by atoms with Crippen molar-refractivity contribution in [2.75, 3.05) is 7.11 Å². The summed E-state index contributed by atoms with van der Waals surface area (Å²) in [5.41, 5.74) is 1.99. The van der Waals surface area contributed by atoms with Crippen molar-refractivity contribution in [3.8, 4) is 0 Å². The second-order valence-corrected chi connectivity index (χ2v) is 9.73. The number of thiophene rings is 1. The lowest BCUT2D eigenvalue weighted by Crippen LogP contribution is -2.43. The number of esters is 1. The van der Waals surface area contributed by atoms with E-state index in [1.54, 1.807) is 11.3 Å². The zero-order chi connectivity index (χ0) is 18.5. The van der Waals surface area contributed by atoms with E-state index in [0.717, 1.165) is 26.4 Å². The number of hydrogen-bond acceptors (Lipinski definition) is 5. The van der Waals surface area contributed by atoms with Gasteiger partial charge in [-0.3, -0.25) is 9.79 Å². The summed E-state index contributed by atoms with van der Waals surface area (Å²) in [6, 6.07) is 2.02. The number of fused-ring (bicyclic) bond motifs is 1. The zero-order valence-electron chi connectivity index (χ0n) is 15.1. The number of hydrogen-bond donors (Lipinski definition) is 0. The van der Waals surface area contributed by atoms with Gasteiger partial charge >= 0.3 is 5.97 Å². The maximum Gasteiger partial charge on any atom is 0.336 e. The summed E-state index contributed by atoms with van der Waals surface area (Å²) in [7, 11) is 1.38. The van der Waals surface area contributed by atoms with Gasteiger partial charge in [-0.2, -0.15) is 0 Å². The molecule has 0 amide bonds. The fourth-order valence-electron chi connectivity index (χ4n) is 3.91. The topological polar surface area (TPSA) is 55.7 Å². The van der Waals surface area contributed by atoms with Gasteiger partial charge < -0.3 is 4.74 Å². The van der Waals surface area contributed by atoms with Crippen LogP contribution < -0.4 is 0 Å². The van der Waals surface area contributed by atoms with Gasteiger partial charge in [-0.05, 0) is 47.7 Å². The smallest absolute Gasteiger partial charge is 0.336 e. The van der Waals surface area contributed by atoms with Gasteiger partial charge in [-0.15, -0.1) is 11.3 Å². The van der Waals surface area contributed by atoms with Crippen molar-refractivity contribution in [3.63, 3.8) is 0 Å². The molecule has 1 aliphatic carbocycles. The van der Waals surface area contributed by atoms with Crippen molar-refractivity contribution < 1.29 is 14.3 Å². The summed E-state index contributed by atoms with van der Waals surface area (Å²) < 4.78 is 6.02. The third kappa shape index (κ3) is 3.26. The minimum atomic E-state index is -0.398. The molecule has 4 nitrogen and oxygen atoms in total. The Labute approximate surface area is 160 Å². The minimum absolute atomic E-state index is 0.0913. The van der Waals surface area contributed by atoms with Crippen LogP contribution in [0.15, 0.2) is 26.8 Å². The molecule has 1 aromatic heterocycles. The summed E-state index contributed by atoms with van der Waals surface area (Å²) in [4.78, 5) is 32.3. The van der Waals surface area contributed by atoms with Crippen LogP contribution >= 0.6 is 27.3 Å². The normalized spacial score (nSPS) is 25.5. The molecule has 134 valence electrons. The van der Waals surface area contributed by atoms with Crippen LogP contribution in [0.4, 0.5) is 0 Å². The monoisotopic (exact) mass is 423 g/mol. The number of aryl methyl sites for hydroxylation is 1. The summed E-state index contributed by atoms with van der Waals surface area (Å²) in [6.45, 7) is 8.05. The van der Waals surface area contributed by atoms with Crippen LogP contribution in [0.5, 0.6) is 0 Å². The number of nitrogens with zero attached hydrogens (tertiary/aromatic N) is 1. The Morgan fingerprint density at radius 3 is 2.56 bits per heavy atom. The highest BCUT2D eigenvalue weighted by molar-refractivity contribution is 9.10. The van der Waals surface area contributed by atoms with E-state index >= 15 is 0 Å². The standard InChI is InChI=1S/C19H22BrNO3S/c1-9-15(18(23)24-5)17(14-6-11(20)10(2)25-14)16-12(21-9)7-19(3,4)8-13(16)22/h6,16-17H,7-8H2,1-5H3/t16?,17-/m0/s1. The molecule has 0 radical (unpaired) electrons. The Bertz CT molecular complexity index is 799. The van der Waals surface area contributed by atoms with E-state index in [2.05, 4.69) is 34.8 Å². The Morgan fingerprint density at radius 1 is 1.32 bits per heavy atom. The predicted octanol–water partition coefficient (Wildman–Crippen LogP) is 4.81. The number of ether oxygens (including phenoxy) is 1. The average molecular weight is 424 g/mol. The number of rotatable bonds is 2. The summed E-state index contributed by atoms with van der Waals surface area (Å²) in [6.07, 6.45) is 1.28. The lowest BCUT2D eigenvalue weighted by atomic mass is 9.64. The maximum atomic E-state index is 13.0. The van der Waals surface area contributed by atoms with Crippen LogP contribution in [0.1, 0.15) is 49.3 Å². The van der Waals surface area contributed by atoms with Crippen LogP contribution in [0, 0.1) is 18.3 Å². The van der Waals surface area contributed by atoms with Crippen LogP contribution in [0.25, 0.3) is 0 Å². The molecule has 1 saturated carbocycles. The number of aliphatic imine (C=N–C) groups is 1. The number of Topliss-reactive ketones (excluding diaryl/α,β-unsaturated/α-hetero) is 1. The molecule has 1 fully saturated rings. The van der Waals surface area contributed by atoms with E-state index in [0.29, 0.717) is 17.7 Å². The molecule has 1 aliphatic heterocycles. The third-order valence-corrected chi connectivity index (χ3v) is 7.17. The highest BCUT2D eigenvalue weighted by atomic mass is 79.9. The molecule has 1 aromatic rings. The lowest BCUT2D eigenvalue weighted by Gasteiger charge is -2.40. The molecular formula is C19H22BrNO3S. The Morgan fingerprint density at radius 2 is 2.00 bits per heavy atom. The van der Waals surface area contributed by atoms with Crippen molar-refractivity contribution in [2.24, 2.45) is 16.3 Å². The van der Waals surface area contributed by atoms with E-state index in [4.69, 9.17) is 4.74 Å². The van der Waals surface area contributed by atoms with Crippen LogP contribution in [0.3, 0.4) is 0 Å². The first-order chi connectivity index (χ1) is 11.6. The molecule has 1 unspecified atom stereocenters. The number of ketones is 1. The third-order valence-electron chi connectivity index (χ3n) is 4.95. The van der Waals surface area contributed by atoms with Crippen molar-refractivity contribution in [1.82, 2.24) is 0 Å². The van der Waals surface area contributed by atoms with Gasteiger partial charge in [0.25, 0.3) is 0 Å². The molecule has 0 N–H and O–H groups in total. The molecular weight excluding hydrogens is 402 g/mol. The van der Waals surface area contributed by atoms with Gasteiger partial charge in [0.1, 0.15) is 5.78 Å². The van der Waals surface area contributed by atoms with Crippen molar-refractivity contribution in [2.45, 2.75) is 46.5 Å². The fraction of sp³-hybridized carbons (Fsp3) is 0.526. The van der Waals surface area contributed by atoms with E-state index < -0.39 is 5.97 Å². The van der Waals surface area contributed by atoms with Crippen molar-refractivity contribution in [3.05, 3.63) is 31.6 Å². The first-order valence-corrected chi connectivity index (χ1v) is 9.90. The van der Waals surface area contributed by atoms with Crippen LogP contribution in [-0.2, 0) is 14.3 Å². The molecule has 6 heteroatoms. The van der Waals surface area contributed by atoms with Crippen LogP contribution in [0.2, 0.25) is 0 Å². The van der Waals surface area contributed by atoms with Gasteiger partial charge in [-0.1, -0.05) is 13.8 Å². The Kier molecular flexibility index (Phi) is 4.79. The molecule has 0 spiro atoms. The molecule has 0 aromatic carbocycles. The van der Waals surface area contributed by atoms with Gasteiger partial charge in [0.05, 0.1) is 18.6 Å². The van der Waals surface area contributed by atoms with E-state index in [1.807, 2.05) is 19.9 Å².